The van der Waals surface area contributed by atoms with Crippen molar-refractivity contribution in [3.63, 3.8) is 0 Å². The molecule has 1 heteroatoms. The highest BCUT2D eigenvalue weighted by Crippen LogP contribution is 2.43. The van der Waals surface area contributed by atoms with Gasteiger partial charge in [0, 0.05) is 13.2 Å². The third-order valence-corrected chi connectivity index (χ3v) is 6.31. The fraction of sp³-hybridized carbons (Fsp3) is 1.00. The third-order valence-electron chi connectivity index (χ3n) is 6.31. The number of ether oxygens (including phenoxy) is 1. The molecule has 0 saturated heterocycles. The molecule has 24 heavy (non-hydrogen) atoms. The van der Waals surface area contributed by atoms with Crippen LogP contribution >= 0.6 is 0 Å². The molecule has 1 nitrogen and oxygen atoms in total. The molecule has 1 aliphatic carbocycles. The van der Waals surface area contributed by atoms with Crippen molar-refractivity contribution in [1.82, 2.24) is 0 Å². The Morgan fingerprint density at radius 1 is 0.875 bits per heavy atom. The smallest absolute Gasteiger partial charge is 0.0497 e. The van der Waals surface area contributed by atoms with Gasteiger partial charge in [-0.2, -0.15) is 0 Å². The summed E-state index contributed by atoms with van der Waals surface area (Å²) < 4.78 is 6.17. The van der Waals surface area contributed by atoms with Crippen molar-refractivity contribution in [1.29, 1.82) is 0 Å². The maximum absolute atomic E-state index is 6.17. The summed E-state index contributed by atoms with van der Waals surface area (Å²) in [6, 6.07) is 0. The van der Waals surface area contributed by atoms with Crippen LogP contribution in [0.5, 0.6) is 0 Å². The molecule has 1 aliphatic rings. The minimum absolute atomic E-state index is 0.797. The lowest BCUT2D eigenvalue weighted by molar-refractivity contribution is 0.0190. The fourth-order valence-electron chi connectivity index (χ4n) is 4.83. The van der Waals surface area contributed by atoms with Crippen LogP contribution in [0.15, 0.2) is 0 Å². The summed E-state index contributed by atoms with van der Waals surface area (Å²) in [5, 5.41) is 0. The summed E-state index contributed by atoms with van der Waals surface area (Å²) >= 11 is 0. The second-order valence-electron chi connectivity index (χ2n) is 8.88. The molecule has 0 aromatic carbocycles. The van der Waals surface area contributed by atoms with E-state index in [2.05, 4.69) is 34.6 Å². The monoisotopic (exact) mass is 338 g/mol. The summed E-state index contributed by atoms with van der Waals surface area (Å²) in [4.78, 5) is 0. The van der Waals surface area contributed by atoms with E-state index in [1.54, 1.807) is 0 Å². The quantitative estimate of drug-likeness (QED) is 0.316. The molecule has 1 saturated carbocycles. The highest BCUT2D eigenvalue weighted by atomic mass is 16.5. The molecule has 0 radical (unpaired) electrons. The van der Waals surface area contributed by atoms with Crippen LogP contribution in [0.2, 0.25) is 0 Å². The van der Waals surface area contributed by atoms with Crippen LogP contribution in [0.1, 0.15) is 105 Å². The van der Waals surface area contributed by atoms with Gasteiger partial charge in [-0.3, -0.25) is 0 Å². The Morgan fingerprint density at radius 3 is 2.25 bits per heavy atom. The summed E-state index contributed by atoms with van der Waals surface area (Å²) in [5.41, 5.74) is 0. The van der Waals surface area contributed by atoms with Crippen LogP contribution in [-0.2, 0) is 4.74 Å². The molecule has 4 atom stereocenters. The lowest BCUT2D eigenvalue weighted by Crippen LogP contribution is -2.35. The molecule has 0 aliphatic heterocycles. The van der Waals surface area contributed by atoms with Crippen molar-refractivity contribution >= 4 is 0 Å². The normalized spacial score (nSPS) is 26.0. The highest BCUT2D eigenvalue weighted by molar-refractivity contribution is 4.85. The lowest BCUT2D eigenvalue weighted by Gasteiger charge is -2.42. The van der Waals surface area contributed by atoms with Gasteiger partial charge in [-0.05, 0) is 55.3 Å². The van der Waals surface area contributed by atoms with Crippen molar-refractivity contribution < 1.29 is 4.74 Å². The first-order chi connectivity index (χ1) is 11.6. The van der Waals surface area contributed by atoms with Crippen molar-refractivity contribution in [2.75, 3.05) is 13.2 Å². The minimum Gasteiger partial charge on any atom is -0.381 e. The minimum atomic E-state index is 0.797. The van der Waals surface area contributed by atoms with E-state index < -0.39 is 0 Å². The summed E-state index contributed by atoms with van der Waals surface area (Å²) in [6.07, 6.45) is 15.1. The number of hydrogen-bond donors (Lipinski definition) is 0. The summed E-state index contributed by atoms with van der Waals surface area (Å²) in [6.45, 7) is 14.0. The van der Waals surface area contributed by atoms with E-state index >= 15 is 0 Å². The molecule has 144 valence electrons. The molecule has 0 heterocycles. The Labute approximate surface area is 153 Å². The van der Waals surface area contributed by atoms with Crippen LogP contribution < -0.4 is 0 Å². The molecule has 1 rings (SSSR count). The first-order valence-electron chi connectivity index (χ1n) is 11.2. The van der Waals surface area contributed by atoms with Crippen LogP contribution in [-0.4, -0.2) is 13.2 Å². The maximum atomic E-state index is 6.17. The predicted octanol–water partition coefficient (Wildman–Crippen LogP) is 7.49. The Hall–Kier alpha value is -0.0400. The Bertz CT molecular complexity index is 286. The average Bonchev–Trinajstić information content (AvgIpc) is 2.56. The van der Waals surface area contributed by atoms with Gasteiger partial charge in [0.2, 0.25) is 0 Å². The van der Waals surface area contributed by atoms with Gasteiger partial charge in [-0.15, -0.1) is 0 Å². The Balaban J connectivity index is 2.35. The molecule has 0 spiro atoms. The van der Waals surface area contributed by atoms with Crippen molar-refractivity contribution in [2.24, 2.45) is 29.6 Å². The number of rotatable bonds is 13. The number of hydrogen-bond acceptors (Lipinski definition) is 1. The summed E-state index contributed by atoms with van der Waals surface area (Å²) in [7, 11) is 0. The average molecular weight is 339 g/mol. The molecular weight excluding hydrogens is 292 g/mol. The van der Waals surface area contributed by atoms with E-state index in [1.165, 1.54) is 70.6 Å². The maximum Gasteiger partial charge on any atom is 0.0497 e. The molecule has 0 aromatic rings. The van der Waals surface area contributed by atoms with Gasteiger partial charge >= 0.3 is 0 Å². The van der Waals surface area contributed by atoms with E-state index in [0.29, 0.717) is 0 Å². The molecule has 0 N–H and O–H groups in total. The molecule has 0 aromatic heterocycles. The van der Waals surface area contributed by atoms with Gasteiger partial charge in [0.25, 0.3) is 0 Å². The lowest BCUT2D eigenvalue weighted by atomic mass is 9.65. The van der Waals surface area contributed by atoms with Crippen LogP contribution in [0.25, 0.3) is 0 Å². The van der Waals surface area contributed by atoms with E-state index in [0.717, 1.165) is 42.8 Å². The van der Waals surface area contributed by atoms with Crippen molar-refractivity contribution in [3.8, 4) is 0 Å². The third kappa shape index (κ3) is 8.37. The molecule has 0 amide bonds. The standard InChI is InChI=1S/C23H46O/c1-6-8-9-10-11-12-16-24-18-21(13-7-2)23-17-20(5)14-15-22(23)19(3)4/h19-23H,6-18H2,1-5H3. The Kier molecular flexibility index (Phi) is 12.1. The largest absolute Gasteiger partial charge is 0.381 e. The first kappa shape index (κ1) is 22.0. The zero-order valence-electron chi connectivity index (χ0n) is 17.5. The van der Waals surface area contributed by atoms with Gasteiger partial charge in [0.1, 0.15) is 0 Å². The zero-order valence-corrected chi connectivity index (χ0v) is 17.5. The van der Waals surface area contributed by atoms with Crippen molar-refractivity contribution in [3.05, 3.63) is 0 Å². The highest BCUT2D eigenvalue weighted by Gasteiger charge is 2.35. The van der Waals surface area contributed by atoms with E-state index in [-0.39, 0.29) is 0 Å². The van der Waals surface area contributed by atoms with E-state index in [4.69, 9.17) is 4.74 Å². The van der Waals surface area contributed by atoms with Crippen LogP contribution in [0.3, 0.4) is 0 Å². The second-order valence-corrected chi connectivity index (χ2v) is 8.88. The van der Waals surface area contributed by atoms with Gasteiger partial charge in [0.15, 0.2) is 0 Å². The molecular formula is C23H46O. The van der Waals surface area contributed by atoms with Gasteiger partial charge in [-0.1, -0.05) is 79.6 Å². The van der Waals surface area contributed by atoms with Crippen LogP contribution in [0, 0.1) is 29.6 Å². The van der Waals surface area contributed by atoms with E-state index in [9.17, 15) is 0 Å². The Morgan fingerprint density at radius 2 is 1.58 bits per heavy atom. The molecule has 0 bridgehead atoms. The zero-order chi connectivity index (χ0) is 17.8. The molecule has 1 fully saturated rings. The van der Waals surface area contributed by atoms with Gasteiger partial charge in [0.05, 0.1) is 0 Å². The number of unbranched alkanes of at least 4 members (excludes halogenated alkanes) is 5. The SMILES string of the molecule is CCCCCCCCOCC(CCC)C1CC(C)CCC1C(C)C. The fourth-order valence-corrected chi connectivity index (χ4v) is 4.83. The van der Waals surface area contributed by atoms with E-state index in [1.807, 2.05) is 0 Å². The molecule has 4 unspecified atom stereocenters. The first-order valence-corrected chi connectivity index (χ1v) is 11.2. The second kappa shape index (κ2) is 13.2. The topological polar surface area (TPSA) is 9.23 Å². The van der Waals surface area contributed by atoms with Gasteiger partial charge in [-0.25, -0.2) is 0 Å². The summed E-state index contributed by atoms with van der Waals surface area (Å²) in [5.74, 6) is 4.38. The van der Waals surface area contributed by atoms with Crippen LogP contribution in [0.4, 0.5) is 0 Å². The van der Waals surface area contributed by atoms with Gasteiger partial charge < -0.3 is 4.74 Å². The van der Waals surface area contributed by atoms with Crippen molar-refractivity contribution in [2.45, 2.75) is 105 Å². The predicted molar refractivity (Wildman–Crippen MR) is 107 cm³/mol.